The number of likely N-dealkylation sites (tertiary alicyclic amines) is 1. The van der Waals surface area contributed by atoms with E-state index in [2.05, 4.69) is 0 Å². The van der Waals surface area contributed by atoms with Gasteiger partial charge in [-0.05, 0) is 32.2 Å². The molecule has 1 saturated heterocycles. The minimum atomic E-state index is -1.03. The zero-order chi connectivity index (χ0) is 13.6. The summed E-state index contributed by atoms with van der Waals surface area (Å²) >= 11 is 7.37. The number of hydrogen-bond donors (Lipinski definition) is 1. The summed E-state index contributed by atoms with van der Waals surface area (Å²) in [5, 5.41) is 12.2. The van der Waals surface area contributed by atoms with Crippen molar-refractivity contribution in [3.8, 4) is 0 Å². The first-order chi connectivity index (χ1) is 8.21. The molecule has 2 heterocycles. The number of halogens is 1. The minimum Gasteiger partial charge on any atom is -0.444 e. The zero-order valence-corrected chi connectivity index (χ0v) is 12.1. The molecule has 6 heteroatoms. The van der Waals surface area contributed by atoms with Crippen molar-refractivity contribution in [2.75, 3.05) is 13.1 Å². The zero-order valence-electron chi connectivity index (χ0n) is 10.6. The number of hydrogen-bond acceptors (Lipinski definition) is 4. The van der Waals surface area contributed by atoms with Gasteiger partial charge in [0, 0.05) is 5.56 Å². The quantitative estimate of drug-likeness (QED) is 0.865. The first-order valence-electron chi connectivity index (χ1n) is 5.65. The standard InChI is InChI=1S/C12H16ClNO3S/c1-11(2,3)17-10(15)14-6-12(16,7-14)8-4-5-18-9(8)13/h4-5,16H,6-7H2,1-3H3. The van der Waals surface area contributed by atoms with Crippen LogP contribution in [0, 0.1) is 0 Å². The topological polar surface area (TPSA) is 49.8 Å². The number of rotatable bonds is 1. The molecule has 0 bridgehead atoms. The Kier molecular flexibility index (Phi) is 3.34. The number of carbonyl (C=O) groups excluding carboxylic acids is 1. The van der Waals surface area contributed by atoms with Gasteiger partial charge < -0.3 is 14.7 Å². The van der Waals surface area contributed by atoms with Gasteiger partial charge in [0.05, 0.1) is 17.4 Å². The molecule has 18 heavy (non-hydrogen) atoms. The molecular formula is C12H16ClNO3S. The predicted molar refractivity (Wildman–Crippen MR) is 71.0 cm³/mol. The van der Waals surface area contributed by atoms with Crippen molar-refractivity contribution in [3.05, 3.63) is 21.3 Å². The molecule has 4 nitrogen and oxygen atoms in total. The van der Waals surface area contributed by atoms with Crippen LogP contribution < -0.4 is 0 Å². The number of amides is 1. The molecule has 0 aromatic carbocycles. The molecular weight excluding hydrogens is 274 g/mol. The van der Waals surface area contributed by atoms with E-state index in [1.165, 1.54) is 16.2 Å². The fourth-order valence-corrected chi connectivity index (χ4v) is 2.94. The summed E-state index contributed by atoms with van der Waals surface area (Å²) in [6, 6.07) is 1.79. The Balaban J connectivity index is 1.98. The number of nitrogens with zero attached hydrogens (tertiary/aromatic N) is 1. The van der Waals surface area contributed by atoms with E-state index < -0.39 is 17.3 Å². The van der Waals surface area contributed by atoms with Gasteiger partial charge in [-0.25, -0.2) is 4.79 Å². The molecule has 0 unspecified atom stereocenters. The van der Waals surface area contributed by atoms with Gasteiger partial charge >= 0.3 is 6.09 Å². The number of β-amino-alcohol motifs (C(OH)–C–C–N with tert-alkyl or cyclic N) is 1. The Bertz CT molecular complexity index is 460. The molecule has 1 aromatic heterocycles. The van der Waals surface area contributed by atoms with Crippen LogP contribution in [-0.2, 0) is 10.3 Å². The summed E-state index contributed by atoms with van der Waals surface area (Å²) < 4.78 is 5.80. The van der Waals surface area contributed by atoms with E-state index in [-0.39, 0.29) is 13.1 Å². The van der Waals surface area contributed by atoms with Crippen LogP contribution >= 0.6 is 22.9 Å². The maximum atomic E-state index is 11.7. The van der Waals surface area contributed by atoms with Crippen molar-refractivity contribution >= 4 is 29.0 Å². The molecule has 1 aromatic rings. The van der Waals surface area contributed by atoms with Crippen LogP contribution in [0.1, 0.15) is 26.3 Å². The summed E-state index contributed by atoms with van der Waals surface area (Å²) in [6.07, 6.45) is -0.404. The van der Waals surface area contributed by atoms with E-state index in [1.807, 2.05) is 26.2 Å². The average Bonchev–Trinajstić information content (AvgIpc) is 2.57. The molecule has 1 N–H and O–H groups in total. The molecule has 0 spiro atoms. The molecule has 0 atom stereocenters. The monoisotopic (exact) mass is 289 g/mol. The maximum Gasteiger partial charge on any atom is 0.410 e. The molecule has 0 aliphatic carbocycles. The first-order valence-corrected chi connectivity index (χ1v) is 6.91. The van der Waals surface area contributed by atoms with Crippen LogP contribution in [0.15, 0.2) is 11.4 Å². The Labute approximate surface area is 115 Å². The third kappa shape index (κ3) is 2.63. The molecule has 0 radical (unpaired) electrons. The number of ether oxygens (including phenoxy) is 1. The molecule has 1 aliphatic rings. The summed E-state index contributed by atoms with van der Waals surface area (Å²) in [4.78, 5) is 13.2. The van der Waals surface area contributed by atoms with E-state index in [9.17, 15) is 9.90 Å². The van der Waals surface area contributed by atoms with Crippen LogP contribution in [-0.4, -0.2) is 34.8 Å². The van der Waals surface area contributed by atoms with Crippen molar-refractivity contribution in [1.82, 2.24) is 4.90 Å². The molecule has 100 valence electrons. The minimum absolute atomic E-state index is 0.221. The highest BCUT2D eigenvalue weighted by atomic mass is 35.5. The van der Waals surface area contributed by atoms with Crippen LogP contribution in [0.3, 0.4) is 0 Å². The second-order valence-corrected chi connectivity index (χ2v) is 6.99. The Hall–Kier alpha value is -0.780. The van der Waals surface area contributed by atoms with Gasteiger partial charge in [0.15, 0.2) is 0 Å². The number of aliphatic hydroxyl groups is 1. The highest BCUT2D eigenvalue weighted by molar-refractivity contribution is 7.14. The van der Waals surface area contributed by atoms with Gasteiger partial charge in [-0.3, -0.25) is 0 Å². The SMILES string of the molecule is CC(C)(C)OC(=O)N1CC(O)(c2ccsc2Cl)C1. The molecule has 1 amide bonds. The lowest BCUT2D eigenvalue weighted by molar-refractivity contribution is -0.103. The predicted octanol–water partition coefficient (Wildman–Crippen LogP) is 2.84. The van der Waals surface area contributed by atoms with Crippen molar-refractivity contribution < 1.29 is 14.6 Å². The second kappa shape index (κ2) is 4.40. The van der Waals surface area contributed by atoms with E-state index in [1.54, 1.807) is 6.07 Å². The third-order valence-electron chi connectivity index (χ3n) is 2.68. The lowest BCUT2D eigenvalue weighted by atomic mass is 9.88. The van der Waals surface area contributed by atoms with Crippen LogP contribution in [0.25, 0.3) is 0 Å². The third-order valence-corrected chi connectivity index (χ3v) is 3.85. The summed E-state index contributed by atoms with van der Waals surface area (Å²) in [5.41, 5.74) is -0.868. The van der Waals surface area contributed by atoms with E-state index >= 15 is 0 Å². The maximum absolute atomic E-state index is 11.7. The van der Waals surface area contributed by atoms with Gasteiger partial charge in [0.2, 0.25) is 0 Å². The lowest BCUT2D eigenvalue weighted by Gasteiger charge is -2.46. The summed E-state index contributed by atoms with van der Waals surface area (Å²) in [5.74, 6) is 0. The van der Waals surface area contributed by atoms with Gasteiger partial charge in [-0.15, -0.1) is 11.3 Å². The summed E-state index contributed by atoms with van der Waals surface area (Å²) in [6.45, 7) is 5.88. The molecule has 1 fully saturated rings. The average molecular weight is 290 g/mol. The Morgan fingerprint density at radius 1 is 1.56 bits per heavy atom. The highest BCUT2D eigenvalue weighted by Crippen LogP contribution is 2.39. The van der Waals surface area contributed by atoms with Crippen molar-refractivity contribution in [1.29, 1.82) is 0 Å². The van der Waals surface area contributed by atoms with Crippen molar-refractivity contribution in [2.24, 2.45) is 0 Å². The Morgan fingerprint density at radius 2 is 2.17 bits per heavy atom. The van der Waals surface area contributed by atoms with E-state index in [4.69, 9.17) is 16.3 Å². The van der Waals surface area contributed by atoms with E-state index in [0.717, 1.165) is 0 Å². The first kappa shape index (κ1) is 13.6. The van der Waals surface area contributed by atoms with Gasteiger partial charge in [0.25, 0.3) is 0 Å². The molecule has 1 aliphatic heterocycles. The second-order valence-electron chi connectivity index (χ2n) is 5.48. The number of thiophene rings is 1. The van der Waals surface area contributed by atoms with E-state index in [0.29, 0.717) is 9.90 Å². The van der Waals surface area contributed by atoms with Crippen LogP contribution in [0.4, 0.5) is 4.79 Å². The fourth-order valence-electron chi connectivity index (χ4n) is 1.84. The molecule has 2 rings (SSSR count). The Morgan fingerprint density at radius 3 is 2.61 bits per heavy atom. The van der Waals surface area contributed by atoms with Crippen LogP contribution in [0.5, 0.6) is 0 Å². The normalized spacial score (nSPS) is 18.4. The van der Waals surface area contributed by atoms with Crippen molar-refractivity contribution in [3.63, 3.8) is 0 Å². The van der Waals surface area contributed by atoms with Gasteiger partial charge in [0.1, 0.15) is 11.2 Å². The number of carbonyl (C=O) groups is 1. The highest BCUT2D eigenvalue weighted by Gasteiger charge is 2.47. The largest absolute Gasteiger partial charge is 0.444 e. The van der Waals surface area contributed by atoms with Gasteiger partial charge in [-0.1, -0.05) is 11.6 Å². The smallest absolute Gasteiger partial charge is 0.410 e. The fraction of sp³-hybridized carbons (Fsp3) is 0.583. The summed E-state index contributed by atoms with van der Waals surface area (Å²) in [7, 11) is 0. The van der Waals surface area contributed by atoms with Crippen LogP contribution in [0.2, 0.25) is 4.34 Å². The van der Waals surface area contributed by atoms with Gasteiger partial charge in [-0.2, -0.15) is 0 Å². The molecule has 0 saturated carbocycles. The van der Waals surface area contributed by atoms with Crippen molar-refractivity contribution in [2.45, 2.75) is 32.0 Å². The lowest BCUT2D eigenvalue weighted by Crippen LogP contribution is -2.61.